The van der Waals surface area contributed by atoms with Crippen molar-refractivity contribution < 1.29 is 9.59 Å². The highest BCUT2D eigenvalue weighted by Gasteiger charge is 2.61. The monoisotopic (exact) mass is 432 g/mol. The van der Waals surface area contributed by atoms with Crippen LogP contribution in [0.15, 0.2) is 48.7 Å². The van der Waals surface area contributed by atoms with Crippen LogP contribution in [0.25, 0.3) is 10.2 Å². The largest absolute Gasteiger partial charge is 0.345 e. The molecule has 158 valence electrons. The Morgan fingerprint density at radius 2 is 1.77 bits per heavy atom. The van der Waals surface area contributed by atoms with E-state index in [-0.39, 0.29) is 17.4 Å². The van der Waals surface area contributed by atoms with Gasteiger partial charge in [-0.1, -0.05) is 29.5 Å². The third-order valence-electron chi connectivity index (χ3n) is 7.33. The molecule has 0 spiro atoms. The maximum atomic E-state index is 13.6. The quantitative estimate of drug-likeness (QED) is 0.640. The number of amides is 2. The first-order valence-corrected chi connectivity index (χ1v) is 11.7. The zero-order valence-corrected chi connectivity index (χ0v) is 18.0. The number of fused-ring (bicyclic) bond motifs is 1. The number of carbonyl (C=O) groups is 2. The number of rotatable bonds is 4. The number of pyridine rings is 1. The summed E-state index contributed by atoms with van der Waals surface area (Å²) in [4.78, 5) is 35.3. The fraction of sp³-hybridized carbons (Fsp3) is 0.417. The number of nitrogens with zero attached hydrogens (tertiary/aromatic N) is 2. The van der Waals surface area contributed by atoms with Crippen LogP contribution < -0.4 is 10.6 Å². The SMILES string of the molecule is O=C(NC12CC3CC(C1)CC(C(=O)Nc1nc4ccccc4s1)(C3)C2)c1ccccn1. The van der Waals surface area contributed by atoms with Crippen molar-refractivity contribution in [1.29, 1.82) is 0 Å². The van der Waals surface area contributed by atoms with Gasteiger partial charge in [-0.15, -0.1) is 0 Å². The van der Waals surface area contributed by atoms with Crippen molar-refractivity contribution in [1.82, 2.24) is 15.3 Å². The molecule has 4 saturated carbocycles. The van der Waals surface area contributed by atoms with E-state index in [2.05, 4.69) is 20.6 Å². The Morgan fingerprint density at radius 1 is 1.00 bits per heavy atom. The molecule has 0 saturated heterocycles. The Hall–Kier alpha value is -2.80. The standard InChI is InChI=1S/C24H24N4O2S/c29-20(18-6-3-4-8-25-18)28-24-12-15-9-16(13-24)11-23(10-15,14-24)21(30)27-22-26-17-5-1-2-7-19(17)31-22/h1-8,15-16H,9-14H2,(H,28,29)(H,26,27,30). The Morgan fingerprint density at radius 3 is 2.52 bits per heavy atom. The summed E-state index contributed by atoms with van der Waals surface area (Å²) in [6, 6.07) is 13.3. The van der Waals surface area contributed by atoms with E-state index in [4.69, 9.17) is 0 Å². The van der Waals surface area contributed by atoms with Crippen molar-refractivity contribution in [2.75, 3.05) is 5.32 Å². The number of aromatic nitrogens is 2. The minimum atomic E-state index is -0.431. The molecule has 2 N–H and O–H groups in total. The van der Waals surface area contributed by atoms with E-state index in [1.165, 1.54) is 11.3 Å². The van der Waals surface area contributed by atoms with Crippen molar-refractivity contribution in [3.8, 4) is 0 Å². The molecule has 3 aromatic rings. The van der Waals surface area contributed by atoms with Gasteiger partial charge in [0.2, 0.25) is 5.91 Å². The molecule has 4 fully saturated rings. The average Bonchev–Trinajstić information content (AvgIpc) is 3.15. The van der Waals surface area contributed by atoms with Crippen LogP contribution in [0.4, 0.5) is 5.13 Å². The number of para-hydroxylation sites is 1. The molecular weight excluding hydrogens is 408 g/mol. The van der Waals surface area contributed by atoms with Gasteiger partial charge in [-0.3, -0.25) is 14.6 Å². The molecule has 4 aliphatic carbocycles. The second-order valence-electron chi connectivity index (χ2n) is 9.63. The number of carbonyl (C=O) groups excluding carboxylic acids is 2. The molecule has 1 aromatic carbocycles. The molecule has 0 aliphatic heterocycles. The summed E-state index contributed by atoms with van der Waals surface area (Å²) in [5, 5.41) is 7.11. The fourth-order valence-corrected chi connectivity index (χ4v) is 7.49. The van der Waals surface area contributed by atoms with Gasteiger partial charge in [-0.2, -0.15) is 0 Å². The van der Waals surface area contributed by atoms with E-state index in [1.54, 1.807) is 12.3 Å². The van der Waals surface area contributed by atoms with Crippen molar-refractivity contribution in [2.45, 2.75) is 44.1 Å². The molecule has 2 aromatic heterocycles. The maximum absolute atomic E-state index is 13.6. The maximum Gasteiger partial charge on any atom is 0.270 e. The first kappa shape index (κ1) is 18.9. The summed E-state index contributed by atoms with van der Waals surface area (Å²) in [6.07, 6.45) is 7.22. The molecule has 4 aliphatic rings. The topological polar surface area (TPSA) is 84.0 Å². The third kappa shape index (κ3) is 3.22. The van der Waals surface area contributed by atoms with E-state index < -0.39 is 5.41 Å². The highest BCUT2D eigenvalue weighted by molar-refractivity contribution is 7.22. The lowest BCUT2D eigenvalue weighted by Crippen LogP contribution is -2.65. The molecule has 6 nitrogen and oxygen atoms in total. The summed E-state index contributed by atoms with van der Waals surface area (Å²) < 4.78 is 1.07. The van der Waals surface area contributed by atoms with Gasteiger partial charge in [0.25, 0.3) is 5.91 Å². The van der Waals surface area contributed by atoms with Gasteiger partial charge in [-0.25, -0.2) is 4.98 Å². The Kier molecular flexibility index (Phi) is 4.18. The van der Waals surface area contributed by atoms with Crippen LogP contribution in [0.3, 0.4) is 0 Å². The first-order chi connectivity index (χ1) is 15.0. The van der Waals surface area contributed by atoms with E-state index in [9.17, 15) is 9.59 Å². The molecule has 7 heteroatoms. The van der Waals surface area contributed by atoms with Crippen LogP contribution >= 0.6 is 11.3 Å². The van der Waals surface area contributed by atoms with E-state index in [0.29, 0.717) is 29.1 Å². The minimum Gasteiger partial charge on any atom is -0.345 e. The molecule has 0 radical (unpaired) electrons. The second kappa shape index (κ2) is 6.85. The van der Waals surface area contributed by atoms with Gasteiger partial charge >= 0.3 is 0 Å². The predicted molar refractivity (Wildman–Crippen MR) is 120 cm³/mol. The van der Waals surface area contributed by atoms with Crippen LogP contribution in [0.2, 0.25) is 0 Å². The van der Waals surface area contributed by atoms with E-state index >= 15 is 0 Å². The Labute approximate surface area is 184 Å². The van der Waals surface area contributed by atoms with Crippen molar-refractivity contribution in [3.05, 3.63) is 54.4 Å². The van der Waals surface area contributed by atoms with Crippen LogP contribution in [0.1, 0.15) is 49.0 Å². The fourth-order valence-electron chi connectivity index (χ4n) is 6.63. The number of benzene rings is 1. The molecular formula is C24H24N4O2S. The van der Waals surface area contributed by atoms with Gasteiger partial charge < -0.3 is 10.6 Å². The molecule has 2 unspecified atom stereocenters. The number of anilines is 1. The number of hydrogen-bond acceptors (Lipinski definition) is 5. The van der Waals surface area contributed by atoms with Gasteiger partial charge in [0.1, 0.15) is 5.69 Å². The average molecular weight is 433 g/mol. The number of thiazole rings is 1. The normalized spacial score (nSPS) is 31.0. The lowest BCUT2D eigenvalue weighted by atomic mass is 9.46. The zero-order chi connectivity index (χ0) is 21.1. The summed E-state index contributed by atoms with van der Waals surface area (Å²) in [5.74, 6) is 0.888. The zero-order valence-electron chi connectivity index (χ0n) is 17.1. The third-order valence-corrected chi connectivity index (χ3v) is 8.29. The second-order valence-corrected chi connectivity index (χ2v) is 10.7. The van der Waals surface area contributed by atoms with Crippen molar-refractivity contribution >= 4 is 38.5 Å². The summed E-state index contributed by atoms with van der Waals surface area (Å²) in [5.41, 5.74) is 0.599. The molecule has 4 bridgehead atoms. The summed E-state index contributed by atoms with van der Waals surface area (Å²) in [7, 11) is 0. The van der Waals surface area contributed by atoms with Gasteiger partial charge in [0, 0.05) is 11.7 Å². The number of nitrogens with one attached hydrogen (secondary N) is 2. The summed E-state index contributed by atoms with van der Waals surface area (Å²) >= 11 is 1.52. The summed E-state index contributed by atoms with van der Waals surface area (Å²) in [6.45, 7) is 0. The predicted octanol–water partition coefficient (Wildman–Crippen LogP) is 4.40. The van der Waals surface area contributed by atoms with Crippen LogP contribution in [0, 0.1) is 17.3 Å². The van der Waals surface area contributed by atoms with E-state index in [0.717, 1.165) is 42.3 Å². The Balaban J connectivity index is 1.26. The van der Waals surface area contributed by atoms with Crippen LogP contribution in [-0.2, 0) is 4.79 Å². The molecule has 2 atom stereocenters. The lowest BCUT2D eigenvalue weighted by Gasteiger charge is -2.61. The van der Waals surface area contributed by atoms with Crippen LogP contribution in [-0.4, -0.2) is 27.3 Å². The Bertz CT molecular complexity index is 1130. The van der Waals surface area contributed by atoms with E-state index in [1.807, 2.05) is 36.4 Å². The van der Waals surface area contributed by atoms with Crippen molar-refractivity contribution in [2.24, 2.45) is 17.3 Å². The first-order valence-electron chi connectivity index (χ1n) is 10.9. The van der Waals surface area contributed by atoms with Crippen molar-refractivity contribution in [3.63, 3.8) is 0 Å². The molecule has 7 rings (SSSR count). The highest BCUT2D eigenvalue weighted by atomic mass is 32.1. The molecule has 31 heavy (non-hydrogen) atoms. The number of hydrogen-bond donors (Lipinski definition) is 2. The minimum absolute atomic E-state index is 0.0668. The lowest BCUT2D eigenvalue weighted by molar-refractivity contribution is -0.144. The molecule has 2 heterocycles. The highest BCUT2D eigenvalue weighted by Crippen LogP contribution is 2.62. The smallest absolute Gasteiger partial charge is 0.270 e. The van der Waals surface area contributed by atoms with Gasteiger partial charge in [0.05, 0.1) is 15.6 Å². The molecule has 2 amide bonds. The van der Waals surface area contributed by atoms with Gasteiger partial charge in [-0.05, 0) is 74.6 Å². The van der Waals surface area contributed by atoms with Gasteiger partial charge in [0.15, 0.2) is 5.13 Å². The van der Waals surface area contributed by atoms with Crippen LogP contribution in [0.5, 0.6) is 0 Å².